The van der Waals surface area contributed by atoms with Gasteiger partial charge in [-0.2, -0.15) is 0 Å². The molecule has 0 atom stereocenters. The fraction of sp³-hybridized carbons (Fsp3) is 0.538. The van der Waals surface area contributed by atoms with E-state index in [1.165, 1.54) is 5.56 Å². The third-order valence-electron chi connectivity index (χ3n) is 3.29. The SMILES string of the molecule is COC1CCN(Cc2cccc(Br)c2Cl)CC1. The van der Waals surface area contributed by atoms with Crippen LogP contribution in [0.1, 0.15) is 18.4 Å². The van der Waals surface area contributed by atoms with Crippen molar-refractivity contribution >= 4 is 27.5 Å². The van der Waals surface area contributed by atoms with Gasteiger partial charge in [0, 0.05) is 31.2 Å². The van der Waals surface area contributed by atoms with Gasteiger partial charge < -0.3 is 4.74 Å². The second-order valence-electron chi connectivity index (χ2n) is 4.42. The number of hydrogen-bond donors (Lipinski definition) is 0. The van der Waals surface area contributed by atoms with Crippen molar-refractivity contribution in [2.45, 2.75) is 25.5 Å². The van der Waals surface area contributed by atoms with Crippen LogP contribution in [0, 0.1) is 0 Å². The Labute approximate surface area is 116 Å². The molecule has 0 saturated carbocycles. The van der Waals surface area contributed by atoms with Gasteiger partial charge in [-0.15, -0.1) is 0 Å². The maximum Gasteiger partial charge on any atom is 0.0595 e. The van der Waals surface area contributed by atoms with E-state index < -0.39 is 0 Å². The molecule has 94 valence electrons. The topological polar surface area (TPSA) is 12.5 Å². The largest absolute Gasteiger partial charge is 0.381 e. The first kappa shape index (κ1) is 13.3. The molecule has 1 heterocycles. The van der Waals surface area contributed by atoms with Gasteiger partial charge in [-0.25, -0.2) is 0 Å². The molecule has 0 radical (unpaired) electrons. The lowest BCUT2D eigenvalue weighted by Crippen LogP contribution is -2.36. The van der Waals surface area contributed by atoms with Gasteiger partial charge in [0.1, 0.15) is 0 Å². The zero-order valence-corrected chi connectivity index (χ0v) is 12.3. The van der Waals surface area contributed by atoms with Crippen LogP contribution in [0.15, 0.2) is 22.7 Å². The van der Waals surface area contributed by atoms with Gasteiger partial charge in [0.15, 0.2) is 0 Å². The zero-order valence-electron chi connectivity index (χ0n) is 9.96. The molecule has 2 nitrogen and oxygen atoms in total. The number of hydrogen-bond acceptors (Lipinski definition) is 2. The molecule has 2 rings (SSSR count). The van der Waals surface area contributed by atoms with Gasteiger partial charge in [0.25, 0.3) is 0 Å². The molecule has 1 aromatic carbocycles. The fourth-order valence-electron chi connectivity index (χ4n) is 2.21. The highest BCUT2D eigenvalue weighted by Crippen LogP contribution is 2.27. The van der Waals surface area contributed by atoms with Gasteiger partial charge in [-0.05, 0) is 40.4 Å². The van der Waals surface area contributed by atoms with Crippen LogP contribution in [0.25, 0.3) is 0 Å². The van der Waals surface area contributed by atoms with Gasteiger partial charge >= 0.3 is 0 Å². The molecule has 0 aromatic heterocycles. The van der Waals surface area contributed by atoms with Crippen molar-refractivity contribution in [3.05, 3.63) is 33.3 Å². The van der Waals surface area contributed by atoms with Gasteiger partial charge in [-0.3, -0.25) is 4.90 Å². The van der Waals surface area contributed by atoms with Crippen LogP contribution in [0.2, 0.25) is 5.02 Å². The van der Waals surface area contributed by atoms with Crippen LogP contribution in [0.4, 0.5) is 0 Å². The molecular weight excluding hydrogens is 302 g/mol. The van der Waals surface area contributed by atoms with E-state index in [2.05, 4.69) is 26.9 Å². The molecule has 17 heavy (non-hydrogen) atoms. The van der Waals surface area contributed by atoms with Crippen molar-refractivity contribution in [2.24, 2.45) is 0 Å². The Morgan fingerprint density at radius 1 is 1.41 bits per heavy atom. The monoisotopic (exact) mass is 317 g/mol. The Bertz CT molecular complexity index is 378. The second-order valence-corrected chi connectivity index (χ2v) is 5.66. The molecule has 1 aliphatic heterocycles. The summed E-state index contributed by atoms with van der Waals surface area (Å²) in [5.74, 6) is 0. The van der Waals surface area contributed by atoms with Gasteiger partial charge in [0.05, 0.1) is 11.1 Å². The Hall–Kier alpha value is -0.0900. The molecule has 0 aliphatic carbocycles. The van der Waals surface area contributed by atoms with E-state index in [-0.39, 0.29) is 0 Å². The maximum absolute atomic E-state index is 6.27. The molecule has 1 aliphatic rings. The summed E-state index contributed by atoms with van der Waals surface area (Å²) < 4.78 is 6.35. The molecule has 1 saturated heterocycles. The maximum atomic E-state index is 6.27. The first-order valence-electron chi connectivity index (χ1n) is 5.88. The average Bonchev–Trinajstić information content (AvgIpc) is 2.36. The summed E-state index contributed by atoms with van der Waals surface area (Å²) in [6.07, 6.45) is 2.66. The van der Waals surface area contributed by atoms with E-state index in [1.807, 2.05) is 12.1 Å². The van der Waals surface area contributed by atoms with E-state index in [0.717, 1.165) is 42.0 Å². The lowest BCUT2D eigenvalue weighted by Gasteiger charge is -2.31. The van der Waals surface area contributed by atoms with E-state index in [4.69, 9.17) is 16.3 Å². The lowest BCUT2D eigenvalue weighted by atomic mass is 10.1. The summed E-state index contributed by atoms with van der Waals surface area (Å²) in [5.41, 5.74) is 1.19. The van der Waals surface area contributed by atoms with Crippen molar-refractivity contribution < 1.29 is 4.74 Å². The molecule has 1 fully saturated rings. The van der Waals surface area contributed by atoms with Gasteiger partial charge in [0.2, 0.25) is 0 Å². The molecule has 0 spiro atoms. The highest BCUT2D eigenvalue weighted by atomic mass is 79.9. The first-order chi connectivity index (χ1) is 8.20. The number of piperidine rings is 1. The highest BCUT2D eigenvalue weighted by Gasteiger charge is 2.19. The van der Waals surface area contributed by atoms with Crippen molar-refractivity contribution in [3.8, 4) is 0 Å². The summed E-state index contributed by atoms with van der Waals surface area (Å²) in [5, 5.41) is 0.835. The van der Waals surface area contributed by atoms with Crippen molar-refractivity contribution in [2.75, 3.05) is 20.2 Å². The third-order valence-corrected chi connectivity index (χ3v) is 4.63. The molecule has 1 aromatic rings. The van der Waals surface area contributed by atoms with Gasteiger partial charge in [-0.1, -0.05) is 23.7 Å². The van der Waals surface area contributed by atoms with E-state index in [0.29, 0.717) is 6.10 Å². The third kappa shape index (κ3) is 3.44. The Morgan fingerprint density at radius 3 is 2.76 bits per heavy atom. The molecule has 0 bridgehead atoms. The molecule has 4 heteroatoms. The number of nitrogens with zero attached hydrogens (tertiary/aromatic N) is 1. The standard InChI is InChI=1S/C13H17BrClNO/c1-17-11-5-7-16(8-6-11)9-10-3-2-4-12(14)13(10)15/h2-4,11H,5-9H2,1H3. The molecular formula is C13H17BrClNO. The van der Waals surface area contributed by atoms with E-state index >= 15 is 0 Å². The minimum atomic E-state index is 0.434. The normalized spacial score (nSPS) is 18.5. The van der Waals surface area contributed by atoms with Crippen molar-refractivity contribution in [1.29, 1.82) is 0 Å². The van der Waals surface area contributed by atoms with Crippen LogP contribution in [-0.4, -0.2) is 31.2 Å². The number of likely N-dealkylation sites (tertiary alicyclic amines) is 1. The molecule has 0 unspecified atom stereocenters. The molecule has 0 N–H and O–H groups in total. The Morgan fingerprint density at radius 2 is 2.12 bits per heavy atom. The van der Waals surface area contributed by atoms with E-state index in [1.54, 1.807) is 7.11 Å². The quantitative estimate of drug-likeness (QED) is 0.842. The van der Waals surface area contributed by atoms with Crippen LogP contribution >= 0.6 is 27.5 Å². The summed E-state index contributed by atoms with van der Waals surface area (Å²) in [4.78, 5) is 2.43. The second kappa shape index (κ2) is 6.19. The Balaban J connectivity index is 1.95. The van der Waals surface area contributed by atoms with Crippen LogP contribution in [0.3, 0.4) is 0 Å². The summed E-state index contributed by atoms with van der Waals surface area (Å²) in [6.45, 7) is 3.09. The lowest BCUT2D eigenvalue weighted by molar-refractivity contribution is 0.0389. The summed E-state index contributed by atoms with van der Waals surface area (Å²) >= 11 is 9.73. The number of rotatable bonds is 3. The number of ether oxygens (including phenoxy) is 1. The number of halogens is 2. The van der Waals surface area contributed by atoms with Crippen LogP contribution < -0.4 is 0 Å². The Kier molecular flexibility index (Phi) is 4.86. The minimum absolute atomic E-state index is 0.434. The minimum Gasteiger partial charge on any atom is -0.381 e. The van der Waals surface area contributed by atoms with E-state index in [9.17, 15) is 0 Å². The number of methoxy groups -OCH3 is 1. The van der Waals surface area contributed by atoms with Crippen LogP contribution in [0.5, 0.6) is 0 Å². The highest BCUT2D eigenvalue weighted by molar-refractivity contribution is 9.10. The fourth-order valence-corrected chi connectivity index (χ4v) is 2.81. The van der Waals surface area contributed by atoms with Crippen molar-refractivity contribution in [3.63, 3.8) is 0 Å². The average molecular weight is 319 g/mol. The predicted octanol–water partition coefficient (Wildman–Crippen LogP) is 3.71. The van der Waals surface area contributed by atoms with Crippen LogP contribution in [-0.2, 0) is 11.3 Å². The molecule has 0 amide bonds. The summed E-state index contributed by atoms with van der Waals surface area (Å²) in [6, 6.07) is 6.10. The predicted molar refractivity (Wildman–Crippen MR) is 74.5 cm³/mol. The zero-order chi connectivity index (χ0) is 12.3. The first-order valence-corrected chi connectivity index (χ1v) is 7.06. The summed E-state index contributed by atoms with van der Waals surface area (Å²) in [7, 11) is 1.80. The smallest absolute Gasteiger partial charge is 0.0595 e. The number of benzene rings is 1. The van der Waals surface area contributed by atoms with Crippen molar-refractivity contribution in [1.82, 2.24) is 4.90 Å².